The summed E-state index contributed by atoms with van der Waals surface area (Å²) in [5, 5.41) is 1.72. The van der Waals surface area contributed by atoms with E-state index in [1.807, 2.05) is 48.7 Å². The van der Waals surface area contributed by atoms with E-state index in [1.165, 1.54) is 11.1 Å². The predicted octanol–water partition coefficient (Wildman–Crippen LogP) is 5.91. The summed E-state index contributed by atoms with van der Waals surface area (Å²) in [5.74, 6) is 1.68. The number of benzene rings is 2. The minimum absolute atomic E-state index is 0.725. The van der Waals surface area contributed by atoms with Crippen LogP contribution in [0.4, 0.5) is 0 Å². The molecule has 25 heavy (non-hydrogen) atoms. The van der Waals surface area contributed by atoms with Crippen LogP contribution in [-0.2, 0) is 6.42 Å². The lowest BCUT2D eigenvalue weighted by molar-refractivity contribution is 0.482. The van der Waals surface area contributed by atoms with E-state index >= 15 is 0 Å². The maximum atomic E-state index is 6.35. The van der Waals surface area contributed by atoms with Crippen LogP contribution in [-0.4, -0.2) is 9.97 Å². The summed E-state index contributed by atoms with van der Waals surface area (Å²) in [4.78, 5) is 7.52. The van der Waals surface area contributed by atoms with E-state index in [1.54, 1.807) is 6.20 Å². The lowest BCUT2D eigenvalue weighted by Crippen LogP contribution is -1.93. The van der Waals surface area contributed by atoms with Gasteiger partial charge in [0.2, 0.25) is 0 Å². The van der Waals surface area contributed by atoms with Crippen LogP contribution in [0.25, 0.3) is 11.0 Å². The monoisotopic (exact) mass is 348 g/mol. The average Bonchev–Trinajstić information content (AvgIpc) is 3.03. The molecule has 0 saturated carbocycles. The van der Waals surface area contributed by atoms with Gasteiger partial charge in [-0.1, -0.05) is 35.9 Å². The number of halogens is 1. The predicted molar refractivity (Wildman–Crippen MR) is 102 cm³/mol. The van der Waals surface area contributed by atoms with E-state index < -0.39 is 0 Å². The molecule has 1 N–H and O–H groups in total. The molecule has 0 saturated heterocycles. The molecule has 4 rings (SSSR count). The molecule has 0 radical (unpaired) electrons. The summed E-state index contributed by atoms with van der Waals surface area (Å²) in [6.07, 6.45) is 4.49. The van der Waals surface area contributed by atoms with Crippen molar-refractivity contribution in [2.24, 2.45) is 0 Å². The van der Waals surface area contributed by atoms with Crippen LogP contribution in [0.1, 0.15) is 16.7 Å². The number of hydrogen-bond acceptors (Lipinski definition) is 2. The Morgan fingerprint density at radius 3 is 2.64 bits per heavy atom. The number of hydrogen-bond donors (Lipinski definition) is 1. The van der Waals surface area contributed by atoms with Crippen LogP contribution in [0, 0.1) is 6.92 Å². The van der Waals surface area contributed by atoms with Crippen molar-refractivity contribution in [2.45, 2.75) is 13.3 Å². The second kappa shape index (κ2) is 6.61. The number of ether oxygens (including phenoxy) is 1. The molecule has 3 nitrogen and oxygen atoms in total. The molecule has 4 aromatic rings. The van der Waals surface area contributed by atoms with E-state index in [0.29, 0.717) is 0 Å². The molecule has 0 bridgehead atoms. The van der Waals surface area contributed by atoms with Crippen molar-refractivity contribution in [3.63, 3.8) is 0 Å². The zero-order valence-electron chi connectivity index (χ0n) is 13.8. The number of nitrogens with one attached hydrogen (secondary N) is 1. The van der Waals surface area contributed by atoms with Crippen molar-refractivity contribution in [1.29, 1.82) is 0 Å². The van der Waals surface area contributed by atoms with Crippen LogP contribution in [0.15, 0.2) is 67.0 Å². The van der Waals surface area contributed by atoms with Gasteiger partial charge < -0.3 is 9.72 Å². The molecule has 2 aromatic carbocycles. The van der Waals surface area contributed by atoms with Gasteiger partial charge in [0.25, 0.3) is 0 Å². The SMILES string of the molecule is Cc1cc(Oc2ccccc2)ccc1Cc1c[nH]c2nccc(Cl)c12. The lowest BCUT2D eigenvalue weighted by Gasteiger charge is -2.10. The Labute approximate surface area is 151 Å². The molecular formula is C21H17ClN2O. The molecule has 2 aromatic heterocycles. The number of aryl methyl sites for hydroxylation is 1. The third kappa shape index (κ3) is 3.24. The Hall–Kier alpha value is -2.78. The number of pyridine rings is 1. The highest BCUT2D eigenvalue weighted by atomic mass is 35.5. The van der Waals surface area contributed by atoms with Gasteiger partial charge in [-0.15, -0.1) is 0 Å². The minimum Gasteiger partial charge on any atom is -0.457 e. The number of aromatic amines is 1. The molecule has 0 unspecified atom stereocenters. The van der Waals surface area contributed by atoms with Crippen LogP contribution in [0.2, 0.25) is 5.02 Å². The fourth-order valence-corrected chi connectivity index (χ4v) is 3.25. The van der Waals surface area contributed by atoms with Gasteiger partial charge in [0.15, 0.2) is 0 Å². The van der Waals surface area contributed by atoms with Gasteiger partial charge in [0.05, 0.1) is 5.02 Å². The molecule has 0 atom stereocenters. The smallest absolute Gasteiger partial charge is 0.139 e. The summed E-state index contributed by atoms with van der Waals surface area (Å²) < 4.78 is 5.90. The standard InChI is InChI=1S/C21H17ClN2O/c1-14-11-18(25-17-5-3-2-4-6-17)8-7-15(14)12-16-13-24-21-20(16)19(22)9-10-23-21/h2-11,13H,12H2,1H3,(H,23,24). The van der Waals surface area contributed by atoms with Gasteiger partial charge in [-0.05, 0) is 60.4 Å². The molecule has 0 aliphatic rings. The van der Waals surface area contributed by atoms with E-state index in [9.17, 15) is 0 Å². The van der Waals surface area contributed by atoms with Gasteiger partial charge in [-0.25, -0.2) is 4.98 Å². The first kappa shape index (κ1) is 15.7. The maximum absolute atomic E-state index is 6.35. The van der Waals surface area contributed by atoms with Gasteiger partial charge >= 0.3 is 0 Å². The van der Waals surface area contributed by atoms with Gasteiger partial charge in [-0.2, -0.15) is 0 Å². The van der Waals surface area contributed by atoms with Gasteiger partial charge in [0, 0.05) is 17.8 Å². The second-order valence-corrected chi connectivity index (χ2v) is 6.42. The van der Waals surface area contributed by atoms with Crippen molar-refractivity contribution in [3.05, 3.63) is 88.7 Å². The van der Waals surface area contributed by atoms with E-state index in [2.05, 4.69) is 29.0 Å². The molecule has 0 amide bonds. The summed E-state index contributed by atoms with van der Waals surface area (Å²) in [6.45, 7) is 2.10. The first-order valence-corrected chi connectivity index (χ1v) is 8.51. The van der Waals surface area contributed by atoms with Crippen LogP contribution < -0.4 is 4.74 Å². The fourth-order valence-electron chi connectivity index (χ4n) is 2.98. The topological polar surface area (TPSA) is 37.9 Å². The number of fused-ring (bicyclic) bond motifs is 1. The van der Waals surface area contributed by atoms with Crippen molar-refractivity contribution in [1.82, 2.24) is 9.97 Å². The molecule has 4 heteroatoms. The van der Waals surface area contributed by atoms with Gasteiger partial charge in [-0.3, -0.25) is 0 Å². The summed E-state index contributed by atoms with van der Waals surface area (Å²) in [7, 11) is 0. The third-order valence-electron chi connectivity index (χ3n) is 4.28. The van der Waals surface area contributed by atoms with Gasteiger partial charge in [0.1, 0.15) is 17.1 Å². The highest BCUT2D eigenvalue weighted by molar-refractivity contribution is 6.35. The third-order valence-corrected chi connectivity index (χ3v) is 4.59. The van der Waals surface area contributed by atoms with E-state index in [-0.39, 0.29) is 0 Å². The molecule has 2 heterocycles. The summed E-state index contributed by atoms with van der Waals surface area (Å²) >= 11 is 6.35. The maximum Gasteiger partial charge on any atom is 0.139 e. The molecule has 124 valence electrons. The summed E-state index contributed by atoms with van der Waals surface area (Å²) in [6, 6.07) is 17.8. The zero-order chi connectivity index (χ0) is 17.2. The Morgan fingerprint density at radius 1 is 1.00 bits per heavy atom. The van der Waals surface area contributed by atoms with Crippen LogP contribution in [0.5, 0.6) is 11.5 Å². The largest absolute Gasteiger partial charge is 0.457 e. The van der Waals surface area contributed by atoms with Crippen molar-refractivity contribution in [3.8, 4) is 11.5 Å². The highest BCUT2D eigenvalue weighted by Gasteiger charge is 2.11. The van der Waals surface area contributed by atoms with E-state index in [0.717, 1.165) is 39.5 Å². The van der Waals surface area contributed by atoms with E-state index in [4.69, 9.17) is 16.3 Å². The average molecular weight is 349 g/mol. The zero-order valence-corrected chi connectivity index (χ0v) is 14.5. The Kier molecular flexibility index (Phi) is 4.16. The molecule has 0 aliphatic heterocycles. The number of para-hydroxylation sites is 1. The molecule has 0 fully saturated rings. The highest BCUT2D eigenvalue weighted by Crippen LogP contribution is 2.29. The molecule has 0 spiro atoms. The van der Waals surface area contributed by atoms with Crippen LogP contribution >= 0.6 is 11.6 Å². The van der Waals surface area contributed by atoms with Crippen molar-refractivity contribution in [2.75, 3.05) is 0 Å². The van der Waals surface area contributed by atoms with Crippen molar-refractivity contribution >= 4 is 22.6 Å². The Bertz CT molecular complexity index is 1020. The normalized spacial score (nSPS) is 11.0. The Balaban J connectivity index is 1.61. The molecular weight excluding hydrogens is 332 g/mol. The first-order valence-electron chi connectivity index (χ1n) is 8.13. The molecule has 0 aliphatic carbocycles. The van der Waals surface area contributed by atoms with Crippen LogP contribution in [0.3, 0.4) is 0 Å². The quantitative estimate of drug-likeness (QED) is 0.498. The number of rotatable bonds is 4. The summed E-state index contributed by atoms with van der Waals surface area (Å²) in [5.41, 5.74) is 4.39. The number of nitrogens with zero attached hydrogens (tertiary/aromatic N) is 1. The Morgan fingerprint density at radius 2 is 1.84 bits per heavy atom. The lowest BCUT2D eigenvalue weighted by atomic mass is 10.0. The number of H-pyrrole nitrogens is 1. The fraction of sp³-hybridized carbons (Fsp3) is 0.0952. The minimum atomic E-state index is 0.725. The second-order valence-electron chi connectivity index (χ2n) is 6.01. The van der Waals surface area contributed by atoms with Crippen molar-refractivity contribution < 1.29 is 4.74 Å². The first-order chi connectivity index (χ1) is 12.2. The number of aromatic nitrogens is 2.